The van der Waals surface area contributed by atoms with E-state index in [1.807, 2.05) is 12.1 Å². The van der Waals surface area contributed by atoms with Crippen LogP contribution in [0.15, 0.2) is 48.5 Å². The maximum atomic E-state index is 12.0. The van der Waals surface area contributed by atoms with Crippen LogP contribution in [0, 0.1) is 0 Å². The molecule has 0 N–H and O–H groups in total. The van der Waals surface area contributed by atoms with Gasteiger partial charge in [0.1, 0.15) is 31.3 Å². The van der Waals surface area contributed by atoms with Crippen LogP contribution >= 0.6 is 0 Å². The Morgan fingerprint density at radius 2 is 1.75 bits per heavy atom. The van der Waals surface area contributed by atoms with Gasteiger partial charge in [0, 0.05) is 0 Å². The number of esters is 1. The summed E-state index contributed by atoms with van der Waals surface area (Å²) in [6.45, 7) is 0.518. The summed E-state index contributed by atoms with van der Waals surface area (Å²) in [7, 11) is 1.60. The lowest BCUT2D eigenvalue weighted by Gasteiger charge is -2.24. The van der Waals surface area contributed by atoms with Crippen LogP contribution in [0.25, 0.3) is 0 Å². The number of methoxy groups -OCH3 is 1. The normalized spacial score (nSPS) is 15.5. The number of para-hydroxylation sites is 2. The Morgan fingerprint density at radius 1 is 1.04 bits per heavy atom. The van der Waals surface area contributed by atoms with Crippen molar-refractivity contribution >= 4 is 5.97 Å². The standard InChI is InChI=1S/C18H18O6/c1-20-13-6-8-14(9-7-13)21-10-11-22-18(19)17-12-23-15-4-2-3-5-16(15)24-17/h2-9,17H,10-12H2,1H3/t17-/m1/s1. The third-order valence-corrected chi connectivity index (χ3v) is 3.43. The van der Waals surface area contributed by atoms with Crippen molar-refractivity contribution < 1.29 is 28.5 Å². The Morgan fingerprint density at radius 3 is 2.50 bits per heavy atom. The molecule has 0 saturated heterocycles. The van der Waals surface area contributed by atoms with E-state index in [1.54, 1.807) is 43.5 Å². The van der Waals surface area contributed by atoms with Crippen molar-refractivity contribution in [2.75, 3.05) is 26.9 Å². The Labute approximate surface area is 139 Å². The second kappa shape index (κ2) is 7.59. The first-order chi connectivity index (χ1) is 11.8. The van der Waals surface area contributed by atoms with Crippen LogP contribution in [-0.4, -0.2) is 39.0 Å². The molecular formula is C18H18O6. The van der Waals surface area contributed by atoms with Gasteiger partial charge in [-0.05, 0) is 36.4 Å². The topological polar surface area (TPSA) is 63.2 Å². The fourth-order valence-corrected chi connectivity index (χ4v) is 2.20. The maximum absolute atomic E-state index is 12.0. The molecule has 0 amide bonds. The summed E-state index contributed by atoms with van der Waals surface area (Å²) < 4.78 is 26.8. The van der Waals surface area contributed by atoms with E-state index in [4.69, 9.17) is 23.7 Å². The van der Waals surface area contributed by atoms with Crippen molar-refractivity contribution in [2.24, 2.45) is 0 Å². The van der Waals surface area contributed by atoms with Gasteiger partial charge in [-0.2, -0.15) is 0 Å². The molecule has 1 heterocycles. The molecular weight excluding hydrogens is 312 g/mol. The number of carbonyl (C=O) groups is 1. The average molecular weight is 330 g/mol. The van der Waals surface area contributed by atoms with Gasteiger partial charge in [-0.15, -0.1) is 0 Å². The number of ether oxygens (including phenoxy) is 5. The fraction of sp³-hybridized carbons (Fsp3) is 0.278. The molecule has 1 atom stereocenters. The number of fused-ring (bicyclic) bond motifs is 1. The molecule has 0 aliphatic carbocycles. The first-order valence-corrected chi connectivity index (χ1v) is 7.58. The number of rotatable bonds is 6. The second-order valence-corrected chi connectivity index (χ2v) is 5.06. The van der Waals surface area contributed by atoms with Crippen LogP contribution in [0.1, 0.15) is 0 Å². The van der Waals surface area contributed by atoms with Crippen LogP contribution in [0.2, 0.25) is 0 Å². The zero-order chi connectivity index (χ0) is 16.8. The molecule has 2 aromatic rings. The van der Waals surface area contributed by atoms with Crippen molar-refractivity contribution in [3.63, 3.8) is 0 Å². The van der Waals surface area contributed by atoms with E-state index in [1.165, 1.54) is 0 Å². The van der Waals surface area contributed by atoms with Crippen LogP contribution < -0.4 is 18.9 Å². The molecule has 6 heteroatoms. The first kappa shape index (κ1) is 16.0. The van der Waals surface area contributed by atoms with E-state index < -0.39 is 12.1 Å². The molecule has 0 radical (unpaired) electrons. The third-order valence-electron chi connectivity index (χ3n) is 3.43. The molecule has 1 aliphatic heterocycles. The molecule has 3 rings (SSSR count). The van der Waals surface area contributed by atoms with Gasteiger partial charge >= 0.3 is 5.97 Å². The van der Waals surface area contributed by atoms with Gasteiger partial charge in [-0.1, -0.05) is 12.1 Å². The van der Waals surface area contributed by atoms with E-state index in [0.717, 1.165) is 5.75 Å². The number of benzene rings is 2. The van der Waals surface area contributed by atoms with Crippen LogP contribution in [-0.2, 0) is 9.53 Å². The van der Waals surface area contributed by atoms with Crippen molar-refractivity contribution in [3.8, 4) is 23.0 Å². The smallest absolute Gasteiger partial charge is 0.351 e. The molecule has 0 saturated carbocycles. The highest BCUT2D eigenvalue weighted by Gasteiger charge is 2.28. The minimum Gasteiger partial charge on any atom is -0.497 e. The largest absolute Gasteiger partial charge is 0.497 e. The lowest BCUT2D eigenvalue weighted by Crippen LogP contribution is -2.38. The van der Waals surface area contributed by atoms with Crippen LogP contribution in [0.4, 0.5) is 0 Å². The molecule has 0 spiro atoms. The molecule has 2 aromatic carbocycles. The Bertz CT molecular complexity index is 682. The van der Waals surface area contributed by atoms with Crippen molar-refractivity contribution in [3.05, 3.63) is 48.5 Å². The summed E-state index contributed by atoms with van der Waals surface area (Å²) in [4.78, 5) is 12.0. The van der Waals surface area contributed by atoms with Crippen LogP contribution in [0.5, 0.6) is 23.0 Å². The minimum atomic E-state index is -0.763. The van der Waals surface area contributed by atoms with Gasteiger partial charge in [0.05, 0.1) is 7.11 Å². The Hall–Kier alpha value is -2.89. The summed E-state index contributed by atoms with van der Waals surface area (Å²) in [5.41, 5.74) is 0. The predicted molar refractivity (Wildman–Crippen MR) is 85.8 cm³/mol. The van der Waals surface area contributed by atoms with Gasteiger partial charge in [0.2, 0.25) is 6.10 Å². The van der Waals surface area contributed by atoms with Gasteiger partial charge < -0.3 is 23.7 Å². The third kappa shape index (κ3) is 3.90. The van der Waals surface area contributed by atoms with E-state index in [0.29, 0.717) is 17.2 Å². The molecule has 6 nitrogen and oxygen atoms in total. The summed E-state index contributed by atoms with van der Waals surface area (Å²) in [6, 6.07) is 14.4. The highest BCUT2D eigenvalue weighted by molar-refractivity contribution is 5.76. The molecule has 0 fully saturated rings. The number of hydrogen-bond acceptors (Lipinski definition) is 6. The molecule has 0 bridgehead atoms. The maximum Gasteiger partial charge on any atom is 0.351 e. The monoisotopic (exact) mass is 330 g/mol. The van der Waals surface area contributed by atoms with Crippen molar-refractivity contribution in [1.29, 1.82) is 0 Å². The van der Waals surface area contributed by atoms with Gasteiger partial charge in [-0.3, -0.25) is 0 Å². The summed E-state index contributed by atoms with van der Waals surface area (Å²) in [5.74, 6) is 2.13. The predicted octanol–water partition coefficient (Wildman–Crippen LogP) is 2.46. The highest BCUT2D eigenvalue weighted by atomic mass is 16.6. The zero-order valence-electron chi connectivity index (χ0n) is 13.3. The van der Waals surface area contributed by atoms with E-state index in [9.17, 15) is 4.79 Å². The van der Waals surface area contributed by atoms with Crippen LogP contribution in [0.3, 0.4) is 0 Å². The first-order valence-electron chi connectivity index (χ1n) is 7.58. The molecule has 0 aromatic heterocycles. The van der Waals surface area contributed by atoms with Gasteiger partial charge in [0.15, 0.2) is 11.5 Å². The summed E-state index contributed by atoms with van der Waals surface area (Å²) in [5, 5.41) is 0. The fourth-order valence-electron chi connectivity index (χ4n) is 2.20. The Kier molecular flexibility index (Phi) is 5.05. The number of hydrogen-bond donors (Lipinski definition) is 0. The average Bonchev–Trinajstić information content (AvgIpc) is 2.65. The van der Waals surface area contributed by atoms with Gasteiger partial charge in [0.25, 0.3) is 0 Å². The summed E-state index contributed by atoms with van der Waals surface area (Å²) in [6.07, 6.45) is -0.763. The van der Waals surface area contributed by atoms with E-state index in [2.05, 4.69) is 0 Å². The Balaban J connectivity index is 1.41. The lowest BCUT2D eigenvalue weighted by atomic mass is 10.2. The second-order valence-electron chi connectivity index (χ2n) is 5.06. The zero-order valence-corrected chi connectivity index (χ0v) is 13.3. The number of carbonyl (C=O) groups excluding carboxylic acids is 1. The summed E-state index contributed by atoms with van der Waals surface area (Å²) >= 11 is 0. The molecule has 126 valence electrons. The van der Waals surface area contributed by atoms with E-state index in [-0.39, 0.29) is 19.8 Å². The van der Waals surface area contributed by atoms with Crippen molar-refractivity contribution in [2.45, 2.75) is 6.10 Å². The van der Waals surface area contributed by atoms with Gasteiger partial charge in [-0.25, -0.2) is 4.79 Å². The molecule has 0 unspecified atom stereocenters. The lowest BCUT2D eigenvalue weighted by molar-refractivity contribution is -0.155. The minimum absolute atomic E-state index is 0.131. The van der Waals surface area contributed by atoms with E-state index >= 15 is 0 Å². The quantitative estimate of drug-likeness (QED) is 0.599. The molecule has 24 heavy (non-hydrogen) atoms. The SMILES string of the molecule is COc1ccc(OCCOC(=O)[C@H]2COc3ccccc3O2)cc1. The highest BCUT2D eigenvalue weighted by Crippen LogP contribution is 2.31. The van der Waals surface area contributed by atoms with Crippen molar-refractivity contribution in [1.82, 2.24) is 0 Å². The molecule has 1 aliphatic rings.